The number of hydrogen-bond acceptors (Lipinski definition) is 4. The quantitative estimate of drug-likeness (QED) is 0.742. The summed E-state index contributed by atoms with van der Waals surface area (Å²) in [7, 11) is 0. The van der Waals surface area contributed by atoms with Crippen LogP contribution in [0.4, 0.5) is 13.2 Å². The highest BCUT2D eigenvalue weighted by molar-refractivity contribution is 5.52. The zero-order valence-electron chi connectivity index (χ0n) is 10.6. The number of halogens is 3. The Morgan fingerprint density at radius 2 is 2.00 bits per heavy atom. The van der Waals surface area contributed by atoms with Crippen LogP contribution in [0.2, 0.25) is 0 Å². The highest BCUT2D eigenvalue weighted by Gasteiger charge is 2.28. The summed E-state index contributed by atoms with van der Waals surface area (Å²) in [4.78, 5) is 3.95. The highest BCUT2D eigenvalue weighted by Crippen LogP contribution is 2.19. The molecule has 0 aliphatic carbocycles. The van der Waals surface area contributed by atoms with Gasteiger partial charge in [-0.25, -0.2) is 4.68 Å². The fraction of sp³-hybridized carbons (Fsp3) is 0.167. The molecule has 0 amide bonds. The van der Waals surface area contributed by atoms with E-state index in [4.69, 9.17) is 0 Å². The Bertz CT molecular complexity index is 731. The van der Waals surface area contributed by atoms with Crippen molar-refractivity contribution in [3.8, 4) is 17.1 Å². The minimum Gasteiger partial charge on any atom is -0.263 e. The van der Waals surface area contributed by atoms with Crippen LogP contribution in [0.3, 0.4) is 0 Å². The SMILES string of the molecule is FC(F)(F)Cn1ccc(-c2cn(-c3cccnc3)nn2)n1. The predicted octanol–water partition coefficient (Wildman–Crippen LogP) is 2.09. The average Bonchev–Trinajstić information content (AvgIpc) is 3.06. The molecule has 0 atom stereocenters. The van der Waals surface area contributed by atoms with Gasteiger partial charge in [0.05, 0.1) is 18.1 Å². The second-order valence-corrected chi connectivity index (χ2v) is 4.27. The second kappa shape index (κ2) is 5.00. The van der Waals surface area contributed by atoms with Crippen molar-refractivity contribution in [1.82, 2.24) is 29.8 Å². The lowest BCUT2D eigenvalue weighted by molar-refractivity contribution is -0.142. The summed E-state index contributed by atoms with van der Waals surface area (Å²) < 4.78 is 39.1. The van der Waals surface area contributed by atoms with E-state index in [1.807, 2.05) is 0 Å². The Hall–Kier alpha value is -2.71. The summed E-state index contributed by atoms with van der Waals surface area (Å²) in [6, 6.07) is 4.99. The highest BCUT2D eigenvalue weighted by atomic mass is 19.4. The van der Waals surface area contributed by atoms with Gasteiger partial charge < -0.3 is 0 Å². The van der Waals surface area contributed by atoms with Gasteiger partial charge in [0.1, 0.15) is 17.9 Å². The molecular weight excluding hydrogens is 285 g/mol. The van der Waals surface area contributed by atoms with Crippen LogP contribution in [-0.4, -0.2) is 35.9 Å². The van der Waals surface area contributed by atoms with Crippen LogP contribution in [-0.2, 0) is 6.54 Å². The molecule has 0 aliphatic rings. The molecule has 0 spiro atoms. The normalized spacial score (nSPS) is 11.8. The van der Waals surface area contributed by atoms with E-state index >= 15 is 0 Å². The molecule has 21 heavy (non-hydrogen) atoms. The molecule has 0 aliphatic heterocycles. The van der Waals surface area contributed by atoms with Crippen molar-refractivity contribution in [3.05, 3.63) is 43.0 Å². The first-order valence-electron chi connectivity index (χ1n) is 5.95. The predicted molar refractivity (Wildman–Crippen MR) is 66.4 cm³/mol. The lowest BCUT2D eigenvalue weighted by atomic mass is 10.3. The first-order chi connectivity index (χ1) is 10.0. The monoisotopic (exact) mass is 294 g/mol. The van der Waals surface area contributed by atoms with E-state index in [-0.39, 0.29) is 0 Å². The number of hydrogen-bond donors (Lipinski definition) is 0. The molecular formula is C12H9F3N6. The Morgan fingerprint density at radius 3 is 2.71 bits per heavy atom. The maximum absolute atomic E-state index is 12.3. The molecule has 0 bridgehead atoms. The molecule has 3 aromatic heterocycles. The van der Waals surface area contributed by atoms with Crippen LogP contribution in [0.15, 0.2) is 43.0 Å². The number of nitrogens with zero attached hydrogens (tertiary/aromatic N) is 6. The maximum Gasteiger partial charge on any atom is 0.408 e. The van der Waals surface area contributed by atoms with Crippen LogP contribution >= 0.6 is 0 Å². The summed E-state index contributed by atoms with van der Waals surface area (Å²) >= 11 is 0. The first kappa shape index (κ1) is 13.3. The molecule has 0 saturated carbocycles. The van der Waals surface area contributed by atoms with Gasteiger partial charge in [0, 0.05) is 12.4 Å². The van der Waals surface area contributed by atoms with Crippen LogP contribution < -0.4 is 0 Å². The third-order valence-corrected chi connectivity index (χ3v) is 2.65. The van der Waals surface area contributed by atoms with Crippen LogP contribution in [0.5, 0.6) is 0 Å². The molecule has 0 aromatic carbocycles. The summed E-state index contributed by atoms with van der Waals surface area (Å²) in [5.74, 6) is 0. The standard InChI is InChI=1S/C12H9F3N6/c13-12(14,15)8-20-5-3-10(18-20)11-7-21(19-17-11)9-2-1-4-16-6-9/h1-7H,8H2. The summed E-state index contributed by atoms with van der Waals surface area (Å²) in [6.07, 6.45) is 1.75. The fourth-order valence-electron chi connectivity index (χ4n) is 1.77. The largest absolute Gasteiger partial charge is 0.408 e. The van der Waals surface area contributed by atoms with Gasteiger partial charge in [0.15, 0.2) is 0 Å². The summed E-state index contributed by atoms with van der Waals surface area (Å²) in [6.45, 7) is -1.14. The van der Waals surface area contributed by atoms with Crippen molar-refractivity contribution in [2.24, 2.45) is 0 Å². The van der Waals surface area contributed by atoms with Gasteiger partial charge in [-0.1, -0.05) is 5.21 Å². The molecule has 108 valence electrons. The zero-order chi connectivity index (χ0) is 14.9. The van der Waals surface area contributed by atoms with E-state index < -0.39 is 12.7 Å². The molecule has 0 N–H and O–H groups in total. The first-order valence-corrected chi connectivity index (χ1v) is 5.95. The fourth-order valence-corrected chi connectivity index (χ4v) is 1.77. The van der Waals surface area contributed by atoms with Crippen LogP contribution in [0.25, 0.3) is 17.1 Å². The minimum absolute atomic E-state index is 0.328. The molecule has 0 saturated heterocycles. The molecule has 0 unspecified atom stereocenters. The molecule has 0 radical (unpaired) electrons. The lowest BCUT2D eigenvalue weighted by Crippen LogP contribution is -2.17. The van der Waals surface area contributed by atoms with Crippen LogP contribution in [0, 0.1) is 0 Å². The molecule has 3 rings (SSSR count). The van der Waals surface area contributed by atoms with Crippen molar-refractivity contribution < 1.29 is 13.2 Å². The van der Waals surface area contributed by atoms with E-state index in [1.54, 1.807) is 30.7 Å². The summed E-state index contributed by atoms with van der Waals surface area (Å²) in [5.41, 5.74) is 1.42. The van der Waals surface area contributed by atoms with Crippen molar-refractivity contribution >= 4 is 0 Å². The van der Waals surface area contributed by atoms with Gasteiger partial charge in [-0.2, -0.15) is 18.3 Å². The number of alkyl halides is 3. The molecule has 3 aromatic rings. The Labute approximate surface area is 116 Å². The Balaban J connectivity index is 1.84. The third kappa shape index (κ3) is 3.07. The smallest absolute Gasteiger partial charge is 0.263 e. The van der Waals surface area contributed by atoms with Crippen molar-refractivity contribution in [1.29, 1.82) is 0 Å². The molecule has 0 fully saturated rings. The van der Waals surface area contributed by atoms with E-state index in [0.717, 1.165) is 4.68 Å². The van der Waals surface area contributed by atoms with Crippen molar-refractivity contribution in [2.45, 2.75) is 12.7 Å². The van der Waals surface area contributed by atoms with Gasteiger partial charge in [0.25, 0.3) is 0 Å². The molecule has 9 heteroatoms. The van der Waals surface area contributed by atoms with Gasteiger partial charge >= 0.3 is 6.18 Å². The zero-order valence-corrected chi connectivity index (χ0v) is 10.6. The van der Waals surface area contributed by atoms with E-state index in [0.29, 0.717) is 17.1 Å². The van der Waals surface area contributed by atoms with E-state index in [9.17, 15) is 13.2 Å². The Kier molecular flexibility index (Phi) is 3.16. The number of aromatic nitrogens is 6. The summed E-state index contributed by atoms with van der Waals surface area (Å²) in [5, 5.41) is 11.6. The Morgan fingerprint density at radius 1 is 1.14 bits per heavy atom. The topological polar surface area (TPSA) is 61.4 Å². The second-order valence-electron chi connectivity index (χ2n) is 4.27. The van der Waals surface area contributed by atoms with Gasteiger partial charge in [-0.05, 0) is 18.2 Å². The minimum atomic E-state index is -4.31. The third-order valence-electron chi connectivity index (χ3n) is 2.65. The van der Waals surface area contributed by atoms with Crippen LogP contribution in [0.1, 0.15) is 0 Å². The number of rotatable bonds is 3. The van der Waals surface area contributed by atoms with Gasteiger partial charge in [0.2, 0.25) is 0 Å². The number of pyridine rings is 1. The van der Waals surface area contributed by atoms with Crippen molar-refractivity contribution in [2.75, 3.05) is 0 Å². The van der Waals surface area contributed by atoms with Gasteiger partial charge in [-0.15, -0.1) is 5.10 Å². The lowest BCUT2D eigenvalue weighted by Gasteiger charge is -2.04. The molecule has 3 heterocycles. The average molecular weight is 294 g/mol. The van der Waals surface area contributed by atoms with Crippen molar-refractivity contribution in [3.63, 3.8) is 0 Å². The molecule has 6 nitrogen and oxygen atoms in total. The van der Waals surface area contributed by atoms with E-state index in [2.05, 4.69) is 20.4 Å². The maximum atomic E-state index is 12.3. The van der Waals surface area contributed by atoms with Gasteiger partial charge in [-0.3, -0.25) is 9.67 Å². The van der Waals surface area contributed by atoms with E-state index in [1.165, 1.54) is 16.9 Å².